The average molecular weight is 193 g/mol. The molecule has 1 aliphatic rings. The molecule has 0 aromatic rings. The molecule has 0 amide bonds. The van der Waals surface area contributed by atoms with E-state index in [9.17, 15) is 4.79 Å². The van der Waals surface area contributed by atoms with Gasteiger partial charge in [-0.2, -0.15) is 0 Å². The molecule has 76 valence electrons. The summed E-state index contributed by atoms with van der Waals surface area (Å²) in [5.74, 6) is -0.370. The molecule has 0 N–H and O–H groups in total. The number of carbonyl (C=O) groups is 1. The molecular weight excluding hydrogens is 178 g/mol. The highest BCUT2D eigenvalue weighted by atomic mass is 16.5. The minimum Gasteiger partial charge on any atom is -0.451 e. The van der Waals surface area contributed by atoms with Crippen molar-refractivity contribution in [3.8, 4) is 0 Å². The van der Waals surface area contributed by atoms with Crippen molar-refractivity contribution in [3.63, 3.8) is 0 Å². The molecule has 1 fully saturated rings. The van der Waals surface area contributed by atoms with Gasteiger partial charge < -0.3 is 9.58 Å². The third-order valence-electron chi connectivity index (χ3n) is 2.44. The van der Waals surface area contributed by atoms with E-state index in [0.717, 1.165) is 25.7 Å². The Kier molecular flexibility index (Phi) is 3.70. The van der Waals surface area contributed by atoms with E-state index < -0.39 is 0 Å². The summed E-state index contributed by atoms with van der Waals surface area (Å²) in [7, 11) is 0. The molecule has 14 heavy (non-hydrogen) atoms. The van der Waals surface area contributed by atoms with Crippen LogP contribution in [0.25, 0.3) is 4.85 Å². The molecule has 2 unspecified atom stereocenters. The molecule has 0 aromatic heterocycles. The van der Waals surface area contributed by atoms with Gasteiger partial charge >= 0.3 is 5.97 Å². The second kappa shape index (κ2) is 4.80. The minimum absolute atomic E-state index is 0.146. The maximum Gasteiger partial charge on any atom is 0.333 e. The van der Waals surface area contributed by atoms with E-state index in [4.69, 9.17) is 11.3 Å². The van der Waals surface area contributed by atoms with Gasteiger partial charge in [-0.05, 0) is 26.2 Å². The van der Waals surface area contributed by atoms with Crippen molar-refractivity contribution in [3.05, 3.63) is 23.6 Å². The molecule has 0 aromatic carbocycles. The van der Waals surface area contributed by atoms with Gasteiger partial charge in [0.15, 0.2) is 6.10 Å². The van der Waals surface area contributed by atoms with Crippen LogP contribution in [0.1, 0.15) is 32.6 Å². The minimum atomic E-state index is -0.370. The maximum absolute atomic E-state index is 11.2. The summed E-state index contributed by atoms with van der Waals surface area (Å²) in [5, 5.41) is 0. The first kappa shape index (κ1) is 10.8. The highest BCUT2D eigenvalue weighted by Crippen LogP contribution is 2.24. The number of hydrogen-bond donors (Lipinski definition) is 0. The Hall–Kier alpha value is -1.30. The highest BCUT2D eigenvalue weighted by molar-refractivity contribution is 5.87. The van der Waals surface area contributed by atoms with Crippen molar-refractivity contribution in [2.24, 2.45) is 0 Å². The van der Waals surface area contributed by atoms with E-state index in [1.165, 1.54) is 0 Å². The van der Waals surface area contributed by atoms with Crippen LogP contribution in [0.3, 0.4) is 0 Å². The molecule has 1 rings (SSSR count). The largest absolute Gasteiger partial charge is 0.451 e. The number of rotatable bonds is 2. The summed E-state index contributed by atoms with van der Waals surface area (Å²) in [4.78, 5) is 14.7. The molecule has 0 heterocycles. The fraction of sp³-hybridized carbons (Fsp3) is 0.636. The molecule has 0 bridgehead atoms. The zero-order valence-electron chi connectivity index (χ0n) is 8.45. The van der Waals surface area contributed by atoms with Crippen molar-refractivity contribution in [2.45, 2.75) is 44.8 Å². The monoisotopic (exact) mass is 193 g/mol. The zero-order valence-corrected chi connectivity index (χ0v) is 8.45. The molecule has 2 atom stereocenters. The molecule has 0 radical (unpaired) electrons. The van der Waals surface area contributed by atoms with Crippen LogP contribution >= 0.6 is 0 Å². The van der Waals surface area contributed by atoms with Crippen LogP contribution in [0.2, 0.25) is 0 Å². The predicted octanol–water partition coefficient (Wildman–Crippen LogP) is 2.34. The van der Waals surface area contributed by atoms with Crippen molar-refractivity contribution in [1.29, 1.82) is 0 Å². The predicted molar refractivity (Wildman–Crippen MR) is 53.6 cm³/mol. The summed E-state index contributed by atoms with van der Waals surface area (Å²) in [5.41, 5.74) is 0.402. The standard InChI is InChI=1S/C11H15NO2/c1-8(2)11(13)14-10-7-5-4-6-9(10)12-3/h9-10H,1,4-7H2,2H3. The van der Waals surface area contributed by atoms with Gasteiger partial charge in [-0.15, -0.1) is 0 Å². The molecule has 0 aliphatic heterocycles. The van der Waals surface area contributed by atoms with Gasteiger partial charge in [0.1, 0.15) is 0 Å². The fourth-order valence-electron chi connectivity index (χ4n) is 1.60. The Morgan fingerprint density at radius 1 is 1.50 bits per heavy atom. The molecule has 3 nitrogen and oxygen atoms in total. The lowest BCUT2D eigenvalue weighted by molar-refractivity contribution is -0.145. The second-order valence-corrected chi connectivity index (χ2v) is 3.70. The van der Waals surface area contributed by atoms with Gasteiger partial charge in [-0.1, -0.05) is 6.58 Å². The number of nitrogens with zero attached hydrogens (tertiary/aromatic N) is 1. The third kappa shape index (κ3) is 2.59. The molecule has 3 heteroatoms. The summed E-state index contributed by atoms with van der Waals surface area (Å²) >= 11 is 0. The normalized spacial score (nSPS) is 26.3. The van der Waals surface area contributed by atoms with Gasteiger partial charge in [-0.25, -0.2) is 11.4 Å². The van der Waals surface area contributed by atoms with E-state index in [2.05, 4.69) is 11.4 Å². The van der Waals surface area contributed by atoms with Gasteiger partial charge in [-0.3, -0.25) is 0 Å². The Labute approximate surface area is 84.6 Å². The highest BCUT2D eigenvalue weighted by Gasteiger charge is 2.32. The smallest absolute Gasteiger partial charge is 0.333 e. The molecule has 0 saturated heterocycles. The van der Waals surface area contributed by atoms with E-state index in [1.807, 2.05) is 0 Å². The van der Waals surface area contributed by atoms with Gasteiger partial charge in [0.05, 0.1) is 0 Å². The van der Waals surface area contributed by atoms with Crippen LogP contribution in [0.15, 0.2) is 12.2 Å². The topological polar surface area (TPSA) is 30.7 Å². The van der Waals surface area contributed by atoms with Gasteiger partial charge in [0, 0.05) is 12.0 Å². The summed E-state index contributed by atoms with van der Waals surface area (Å²) in [6.07, 6.45) is 3.54. The third-order valence-corrected chi connectivity index (χ3v) is 2.44. The second-order valence-electron chi connectivity index (χ2n) is 3.70. The van der Waals surface area contributed by atoms with E-state index in [0.29, 0.717) is 5.57 Å². The lowest BCUT2D eigenvalue weighted by Gasteiger charge is -2.23. The van der Waals surface area contributed by atoms with Gasteiger partial charge in [0.2, 0.25) is 0 Å². The average Bonchev–Trinajstić information content (AvgIpc) is 2.18. The van der Waals surface area contributed by atoms with Crippen LogP contribution in [-0.4, -0.2) is 18.1 Å². The quantitative estimate of drug-likeness (QED) is 0.383. The van der Waals surface area contributed by atoms with Crippen molar-refractivity contribution in [2.75, 3.05) is 0 Å². The Morgan fingerprint density at radius 3 is 2.71 bits per heavy atom. The van der Waals surface area contributed by atoms with Crippen LogP contribution in [0.5, 0.6) is 0 Å². The first-order chi connectivity index (χ1) is 6.65. The van der Waals surface area contributed by atoms with Crippen LogP contribution in [0, 0.1) is 6.57 Å². The van der Waals surface area contributed by atoms with Crippen molar-refractivity contribution < 1.29 is 9.53 Å². The van der Waals surface area contributed by atoms with Gasteiger partial charge in [0.25, 0.3) is 6.04 Å². The number of carbonyl (C=O) groups excluding carboxylic acids is 1. The zero-order chi connectivity index (χ0) is 10.6. The Balaban J connectivity index is 2.53. The summed E-state index contributed by atoms with van der Waals surface area (Å²) in [6, 6.07) is -0.146. The first-order valence-corrected chi connectivity index (χ1v) is 4.88. The SMILES string of the molecule is [C-]#[N+]C1CCCCC1OC(=O)C(=C)C. The number of hydrogen-bond acceptors (Lipinski definition) is 2. The van der Waals surface area contributed by atoms with E-state index in [1.54, 1.807) is 6.92 Å². The maximum atomic E-state index is 11.2. The number of esters is 1. The van der Waals surface area contributed by atoms with Crippen LogP contribution in [-0.2, 0) is 9.53 Å². The Morgan fingerprint density at radius 2 is 2.14 bits per heavy atom. The molecule has 1 aliphatic carbocycles. The molecule has 0 spiro atoms. The summed E-state index contributed by atoms with van der Waals surface area (Å²) in [6.45, 7) is 12.1. The van der Waals surface area contributed by atoms with Crippen molar-refractivity contribution in [1.82, 2.24) is 0 Å². The lowest BCUT2D eigenvalue weighted by atomic mass is 9.93. The van der Waals surface area contributed by atoms with E-state index in [-0.39, 0.29) is 18.1 Å². The van der Waals surface area contributed by atoms with Crippen LogP contribution < -0.4 is 0 Å². The Bertz CT molecular complexity index is 278. The number of ether oxygens (including phenoxy) is 1. The van der Waals surface area contributed by atoms with Crippen molar-refractivity contribution >= 4 is 5.97 Å². The fourth-order valence-corrected chi connectivity index (χ4v) is 1.60. The first-order valence-electron chi connectivity index (χ1n) is 4.88. The van der Waals surface area contributed by atoms with E-state index >= 15 is 0 Å². The van der Waals surface area contributed by atoms with Crippen LogP contribution in [0.4, 0.5) is 0 Å². The summed E-state index contributed by atoms with van der Waals surface area (Å²) < 4.78 is 5.20. The molecular formula is C11H15NO2. The molecule has 1 saturated carbocycles. The lowest BCUT2D eigenvalue weighted by Crippen LogP contribution is -2.32.